The molecule has 0 aliphatic heterocycles. The Hall–Kier alpha value is -2.74. The van der Waals surface area contributed by atoms with Gasteiger partial charge in [-0.3, -0.25) is 5.73 Å². The molecule has 5 heteroatoms. The molecule has 0 saturated heterocycles. The molecule has 3 rings (SSSR count). The van der Waals surface area contributed by atoms with E-state index in [0.29, 0.717) is 28.8 Å². The maximum Gasteiger partial charge on any atom is 0.289 e. The molecule has 2 aromatic rings. The molecule has 124 valence electrons. The number of benzene rings is 1. The number of nitrogens with one attached hydrogen (secondary N) is 1. The van der Waals surface area contributed by atoms with Crippen molar-refractivity contribution in [2.45, 2.75) is 26.2 Å². The van der Waals surface area contributed by atoms with Gasteiger partial charge < -0.3 is 9.47 Å². The van der Waals surface area contributed by atoms with E-state index >= 15 is 0 Å². The first-order chi connectivity index (χ1) is 11.6. The van der Waals surface area contributed by atoms with Crippen molar-refractivity contribution >= 4 is 5.82 Å². The Morgan fingerprint density at radius 3 is 2.67 bits per heavy atom. The van der Waals surface area contributed by atoms with Crippen molar-refractivity contribution in [1.82, 2.24) is 0 Å². The Morgan fingerprint density at radius 2 is 2.00 bits per heavy atom. The number of hydrogen-bond donors (Lipinski definition) is 1. The van der Waals surface area contributed by atoms with Gasteiger partial charge in [-0.2, -0.15) is 5.26 Å². The van der Waals surface area contributed by atoms with Crippen LogP contribution in [0.1, 0.15) is 30.2 Å². The fourth-order valence-electron chi connectivity index (χ4n) is 3.44. The molecule has 0 spiro atoms. The van der Waals surface area contributed by atoms with Crippen molar-refractivity contribution in [1.29, 1.82) is 5.26 Å². The number of rotatable bonds is 3. The third kappa shape index (κ3) is 2.65. The molecule has 0 radical (unpaired) electrons. The van der Waals surface area contributed by atoms with Gasteiger partial charge in [0.2, 0.25) is 0 Å². The van der Waals surface area contributed by atoms with E-state index in [2.05, 4.69) is 18.0 Å². The van der Waals surface area contributed by atoms with Crippen LogP contribution in [-0.2, 0) is 12.8 Å². The molecule has 0 unspecified atom stereocenters. The van der Waals surface area contributed by atoms with Crippen molar-refractivity contribution in [3.8, 4) is 28.7 Å². The zero-order valence-electron chi connectivity index (χ0n) is 14.3. The number of aryl methyl sites for hydroxylation is 1. The molecule has 0 fully saturated rings. The second-order valence-electron chi connectivity index (χ2n) is 6.28. The number of nitrogen functional groups attached to an aromatic ring is 1. The summed E-state index contributed by atoms with van der Waals surface area (Å²) in [6, 6.07) is 7.99. The normalized spacial score (nSPS) is 16.2. The molecular formula is C19H22N3O2+. The molecule has 1 aliphatic carbocycles. The van der Waals surface area contributed by atoms with Gasteiger partial charge in [0.1, 0.15) is 17.3 Å². The van der Waals surface area contributed by atoms with Crippen LogP contribution in [0.5, 0.6) is 11.5 Å². The topological polar surface area (TPSA) is 82.4 Å². The summed E-state index contributed by atoms with van der Waals surface area (Å²) in [6.45, 7) is 2.24. The van der Waals surface area contributed by atoms with Gasteiger partial charge >= 0.3 is 0 Å². The number of aromatic nitrogens is 1. The van der Waals surface area contributed by atoms with Gasteiger partial charge in [0.25, 0.3) is 5.82 Å². The smallest absolute Gasteiger partial charge is 0.289 e. The molecule has 1 aromatic carbocycles. The van der Waals surface area contributed by atoms with E-state index < -0.39 is 0 Å². The zero-order valence-corrected chi connectivity index (χ0v) is 14.3. The quantitative estimate of drug-likeness (QED) is 0.941. The molecule has 3 N–H and O–H groups in total. The molecule has 0 saturated carbocycles. The summed E-state index contributed by atoms with van der Waals surface area (Å²) < 4.78 is 10.7. The predicted molar refractivity (Wildman–Crippen MR) is 91.9 cm³/mol. The molecular weight excluding hydrogens is 302 g/mol. The highest BCUT2D eigenvalue weighted by Crippen LogP contribution is 2.39. The largest absolute Gasteiger partial charge is 0.493 e. The number of ether oxygens (including phenoxy) is 2. The SMILES string of the molecule is COc1ccc(-c2c(C#N)c(N)[nH+]c3c2C[C@@H](C)CC3)cc1OC. The van der Waals surface area contributed by atoms with Gasteiger partial charge in [0.05, 0.1) is 14.2 Å². The van der Waals surface area contributed by atoms with Gasteiger partial charge in [-0.05, 0) is 36.5 Å². The number of nitrogens with zero attached hydrogens (tertiary/aromatic N) is 1. The summed E-state index contributed by atoms with van der Waals surface area (Å²) >= 11 is 0. The van der Waals surface area contributed by atoms with Crippen LogP contribution in [-0.4, -0.2) is 14.2 Å². The Labute approximate surface area is 142 Å². The van der Waals surface area contributed by atoms with Crippen molar-refractivity contribution in [2.24, 2.45) is 5.92 Å². The van der Waals surface area contributed by atoms with E-state index in [9.17, 15) is 5.26 Å². The lowest BCUT2D eigenvalue weighted by molar-refractivity contribution is -0.375. The van der Waals surface area contributed by atoms with E-state index in [1.807, 2.05) is 18.2 Å². The van der Waals surface area contributed by atoms with E-state index in [1.165, 1.54) is 5.56 Å². The first-order valence-corrected chi connectivity index (χ1v) is 8.08. The highest BCUT2D eigenvalue weighted by atomic mass is 16.5. The predicted octanol–water partition coefficient (Wildman–Crippen LogP) is 2.76. The Bertz CT molecular complexity index is 824. The summed E-state index contributed by atoms with van der Waals surface area (Å²) in [5.74, 6) is 2.32. The van der Waals surface area contributed by atoms with Crippen LogP contribution >= 0.6 is 0 Å². The number of methoxy groups -OCH3 is 2. The molecule has 24 heavy (non-hydrogen) atoms. The van der Waals surface area contributed by atoms with Crippen molar-refractivity contribution in [3.05, 3.63) is 35.0 Å². The fourth-order valence-corrected chi connectivity index (χ4v) is 3.44. The summed E-state index contributed by atoms with van der Waals surface area (Å²) in [5, 5.41) is 9.65. The number of pyridine rings is 1. The maximum atomic E-state index is 9.65. The maximum absolute atomic E-state index is 9.65. The van der Waals surface area contributed by atoms with Gasteiger partial charge in [-0.25, -0.2) is 4.98 Å². The van der Waals surface area contributed by atoms with Crippen LogP contribution in [0, 0.1) is 17.2 Å². The van der Waals surface area contributed by atoms with E-state index in [-0.39, 0.29) is 0 Å². The lowest BCUT2D eigenvalue weighted by Crippen LogP contribution is -2.26. The molecule has 5 nitrogen and oxygen atoms in total. The van der Waals surface area contributed by atoms with Gasteiger partial charge in [0.15, 0.2) is 11.5 Å². The Morgan fingerprint density at radius 1 is 1.25 bits per heavy atom. The minimum atomic E-state index is 0.426. The lowest BCUT2D eigenvalue weighted by Gasteiger charge is -2.23. The van der Waals surface area contributed by atoms with E-state index in [4.69, 9.17) is 15.2 Å². The molecule has 1 heterocycles. The molecule has 1 aromatic heterocycles. The lowest BCUT2D eigenvalue weighted by atomic mass is 9.82. The van der Waals surface area contributed by atoms with Crippen LogP contribution in [0.3, 0.4) is 0 Å². The van der Waals surface area contributed by atoms with Gasteiger partial charge in [-0.1, -0.05) is 13.0 Å². The zero-order chi connectivity index (χ0) is 17.3. The van der Waals surface area contributed by atoms with Gasteiger partial charge in [0, 0.05) is 17.5 Å². The Kier molecular flexibility index (Phi) is 4.30. The summed E-state index contributed by atoms with van der Waals surface area (Å²) in [6.07, 6.45) is 3.01. The highest BCUT2D eigenvalue weighted by molar-refractivity contribution is 5.79. The number of nitriles is 1. The standard InChI is InChI=1S/C19H21N3O2/c1-11-4-6-15-13(8-11)18(14(10-20)19(21)22-15)12-5-7-16(23-2)17(9-12)24-3/h5,7,9,11H,4,6,8H2,1-3H3,(H2,21,22)/p+1/t11-/m0/s1. The van der Waals surface area contributed by atoms with Crippen LogP contribution < -0.4 is 20.2 Å². The monoisotopic (exact) mass is 324 g/mol. The fraction of sp³-hybridized carbons (Fsp3) is 0.368. The first kappa shape index (κ1) is 16.1. The third-order valence-electron chi connectivity index (χ3n) is 4.69. The van der Waals surface area contributed by atoms with Crippen LogP contribution in [0.25, 0.3) is 11.1 Å². The number of nitrogens with two attached hydrogens (primary N) is 1. The number of anilines is 1. The third-order valence-corrected chi connectivity index (χ3v) is 4.69. The molecule has 1 atom stereocenters. The minimum absolute atomic E-state index is 0.426. The second kappa shape index (κ2) is 6.40. The van der Waals surface area contributed by atoms with Crippen LogP contribution in [0.15, 0.2) is 18.2 Å². The average Bonchev–Trinajstić information content (AvgIpc) is 2.60. The Balaban J connectivity index is 2.27. The summed E-state index contributed by atoms with van der Waals surface area (Å²) in [7, 11) is 3.22. The first-order valence-electron chi connectivity index (χ1n) is 8.08. The summed E-state index contributed by atoms with van der Waals surface area (Å²) in [5.41, 5.74) is 10.8. The van der Waals surface area contributed by atoms with Crippen molar-refractivity contribution in [3.63, 3.8) is 0 Å². The number of aromatic amines is 1. The van der Waals surface area contributed by atoms with Crippen molar-refractivity contribution < 1.29 is 14.5 Å². The number of hydrogen-bond acceptors (Lipinski definition) is 4. The van der Waals surface area contributed by atoms with E-state index in [0.717, 1.165) is 36.1 Å². The summed E-state index contributed by atoms with van der Waals surface area (Å²) in [4.78, 5) is 3.23. The van der Waals surface area contributed by atoms with E-state index in [1.54, 1.807) is 14.2 Å². The number of H-pyrrole nitrogens is 1. The van der Waals surface area contributed by atoms with Crippen LogP contribution in [0.2, 0.25) is 0 Å². The van der Waals surface area contributed by atoms with Crippen molar-refractivity contribution in [2.75, 3.05) is 20.0 Å². The molecule has 0 bridgehead atoms. The number of fused-ring (bicyclic) bond motifs is 1. The molecule has 0 amide bonds. The second-order valence-corrected chi connectivity index (χ2v) is 6.28. The molecule has 1 aliphatic rings. The highest BCUT2D eigenvalue weighted by Gasteiger charge is 2.27. The average molecular weight is 324 g/mol. The van der Waals surface area contributed by atoms with Gasteiger partial charge in [-0.15, -0.1) is 0 Å². The van der Waals surface area contributed by atoms with Crippen LogP contribution in [0.4, 0.5) is 5.82 Å². The minimum Gasteiger partial charge on any atom is -0.493 e.